The number of anilines is 1. The van der Waals surface area contributed by atoms with Gasteiger partial charge in [0.05, 0.1) is 12.3 Å². The summed E-state index contributed by atoms with van der Waals surface area (Å²) in [5.41, 5.74) is -0.200. The van der Waals surface area contributed by atoms with E-state index in [4.69, 9.17) is 5.11 Å². The van der Waals surface area contributed by atoms with Crippen molar-refractivity contribution in [3.05, 3.63) is 29.3 Å². The Bertz CT molecular complexity index is 520. The highest BCUT2D eigenvalue weighted by Gasteiger charge is 2.14. The number of amides is 1. The van der Waals surface area contributed by atoms with E-state index in [0.717, 1.165) is 12.1 Å². The lowest BCUT2D eigenvalue weighted by molar-refractivity contribution is -0.137. The Hall–Kier alpha value is -2.18. The molecule has 0 spiro atoms. The minimum absolute atomic E-state index is 0.0229. The molecular formula is C14H17F2NO4. The summed E-state index contributed by atoms with van der Waals surface area (Å²) in [7, 11) is 0. The number of hydrogen-bond donors (Lipinski definition) is 2. The number of aryl methyl sites for hydroxylation is 1. The highest BCUT2D eigenvalue weighted by Crippen LogP contribution is 2.22. The van der Waals surface area contributed by atoms with Crippen LogP contribution in [-0.2, 0) is 16.0 Å². The zero-order chi connectivity index (χ0) is 15.8. The Labute approximate surface area is 120 Å². The molecule has 0 radical (unpaired) electrons. The van der Waals surface area contributed by atoms with Crippen molar-refractivity contribution in [2.24, 2.45) is 0 Å². The maximum absolute atomic E-state index is 14.1. The van der Waals surface area contributed by atoms with Gasteiger partial charge in [-0.05, 0) is 37.8 Å². The van der Waals surface area contributed by atoms with Crippen LogP contribution >= 0.6 is 0 Å². The Morgan fingerprint density at radius 3 is 2.62 bits per heavy atom. The molecule has 0 aliphatic carbocycles. The van der Waals surface area contributed by atoms with Crippen molar-refractivity contribution in [3.63, 3.8) is 0 Å². The molecule has 1 amide bonds. The van der Waals surface area contributed by atoms with Gasteiger partial charge in [0.2, 0.25) is 0 Å². The van der Waals surface area contributed by atoms with Gasteiger partial charge in [-0.1, -0.05) is 0 Å². The first-order chi connectivity index (χ1) is 9.93. The number of carbonyl (C=O) groups excluding carboxylic acids is 1. The SMILES string of the molecule is CCOC(=O)Nc1cc(F)cc(CCCCC(=O)O)c1F. The number of carbonyl (C=O) groups is 2. The lowest BCUT2D eigenvalue weighted by Crippen LogP contribution is -2.15. The predicted molar refractivity (Wildman–Crippen MR) is 72.2 cm³/mol. The molecule has 116 valence electrons. The molecule has 0 unspecified atom stereocenters. The second kappa shape index (κ2) is 8.18. The summed E-state index contributed by atoms with van der Waals surface area (Å²) in [4.78, 5) is 21.6. The normalized spacial score (nSPS) is 10.2. The van der Waals surface area contributed by atoms with E-state index in [9.17, 15) is 18.4 Å². The van der Waals surface area contributed by atoms with Gasteiger partial charge in [-0.2, -0.15) is 0 Å². The first-order valence-corrected chi connectivity index (χ1v) is 6.57. The molecule has 5 nitrogen and oxygen atoms in total. The molecule has 0 aromatic heterocycles. The van der Waals surface area contributed by atoms with Crippen LogP contribution in [0.5, 0.6) is 0 Å². The molecule has 2 N–H and O–H groups in total. The van der Waals surface area contributed by atoms with E-state index < -0.39 is 23.7 Å². The van der Waals surface area contributed by atoms with Gasteiger partial charge in [-0.15, -0.1) is 0 Å². The molecule has 0 aliphatic heterocycles. The second-order valence-corrected chi connectivity index (χ2v) is 4.37. The summed E-state index contributed by atoms with van der Waals surface area (Å²) in [6.45, 7) is 1.71. The molecule has 21 heavy (non-hydrogen) atoms. The third-order valence-corrected chi connectivity index (χ3v) is 2.71. The van der Waals surface area contributed by atoms with E-state index in [0.29, 0.717) is 12.8 Å². The van der Waals surface area contributed by atoms with Crippen LogP contribution in [0.25, 0.3) is 0 Å². The van der Waals surface area contributed by atoms with E-state index in [2.05, 4.69) is 10.1 Å². The number of rotatable bonds is 7. The molecule has 0 saturated heterocycles. The van der Waals surface area contributed by atoms with E-state index in [1.165, 1.54) is 0 Å². The first kappa shape index (κ1) is 16.9. The summed E-state index contributed by atoms with van der Waals surface area (Å²) < 4.78 is 32.1. The van der Waals surface area contributed by atoms with Crippen molar-refractivity contribution in [2.75, 3.05) is 11.9 Å². The fraction of sp³-hybridized carbons (Fsp3) is 0.429. The van der Waals surface area contributed by atoms with Gasteiger partial charge in [0.1, 0.15) is 11.6 Å². The molecule has 0 heterocycles. The minimum Gasteiger partial charge on any atom is -0.481 e. The maximum Gasteiger partial charge on any atom is 0.411 e. The summed E-state index contributed by atoms with van der Waals surface area (Å²) in [5.74, 6) is -2.35. The number of carboxylic acid groups (broad SMARTS) is 1. The summed E-state index contributed by atoms with van der Waals surface area (Å²) >= 11 is 0. The van der Waals surface area contributed by atoms with Crippen molar-refractivity contribution in [1.82, 2.24) is 0 Å². The average Bonchev–Trinajstić information content (AvgIpc) is 2.39. The average molecular weight is 301 g/mol. The van der Waals surface area contributed by atoms with Gasteiger partial charge in [0.15, 0.2) is 0 Å². The maximum atomic E-state index is 14.1. The van der Waals surface area contributed by atoms with Crippen LogP contribution < -0.4 is 5.32 Å². The fourth-order valence-corrected chi connectivity index (χ4v) is 1.79. The number of ether oxygens (including phenoxy) is 1. The Morgan fingerprint density at radius 2 is 2.00 bits per heavy atom. The Balaban J connectivity index is 2.74. The van der Waals surface area contributed by atoms with Crippen LogP contribution in [0.3, 0.4) is 0 Å². The zero-order valence-electron chi connectivity index (χ0n) is 11.6. The van der Waals surface area contributed by atoms with Gasteiger partial charge in [-0.25, -0.2) is 13.6 Å². The van der Waals surface area contributed by atoms with Crippen LogP contribution in [-0.4, -0.2) is 23.8 Å². The number of unbranched alkanes of at least 4 members (excludes halogenated alkanes) is 1. The topological polar surface area (TPSA) is 75.6 Å². The van der Waals surface area contributed by atoms with E-state index in [-0.39, 0.29) is 30.7 Å². The Morgan fingerprint density at radius 1 is 1.29 bits per heavy atom. The van der Waals surface area contributed by atoms with Gasteiger partial charge in [0, 0.05) is 12.5 Å². The highest BCUT2D eigenvalue weighted by molar-refractivity contribution is 5.84. The smallest absolute Gasteiger partial charge is 0.411 e. The van der Waals surface area contributed by atoms with Crippen LogP contribution in [0.4, 0.5) is 19.3 Å². The fourth-order valence-electron chi connectivity index (χ4n) is 1.79. The molecule has 0 atom stereocenters. The second-order valence-electron chi connectivity index (χ2n) is 4.37. The molecular weight excluding hydrogens is 284 g/mol. The standard InChI is InChI=1S/C14H17F2NO4/c1-2-21-14(20)17-11-8-10(15)7-9(13(11)16)5-3-4-6-12(18)19/h7-8H,2-6H2,1H3,(H,17,20)(H,18,19). The number of halogens is 2. The van der Waals surface area contributed by atoms with Crippen molar-refractivity contribution < 1.29 is 28.2 Å². The van der Waals surface area contributed by atoms with Crippen LogP contribution in [0.1, 0.15) is 31.7 Å². The number of hydrogen-bond acceptors (Lipinski definition) is 3. The zero-order valence-corrected chi connectivity index (χ0v) is 11.6. The largest absolute Gasteiger partial charge is 0.481 e. The van der Waals surface area contributed by atoms with Crippen LogP contribution in [0.2, 0.25) is 0 Å². The van der Waals surface area contributed by atoms with Gasteiger partial charge >= 0.3 is 12.1 Å². The third kappa shape index (κ3) is 5.76. The summed E-state index contributed by atoms with van der Waals surface area (Å²) in [6.07, 6.45) is 0.0790. The van der Waals surface area contributed by atoms with Gasteiger partial charge < -0.3 is 9.84 Å². The molecule has 1 rings (SSSR count). The van der Waals surface area contributed by atoms with Crippen LogP contribution in [0, 0.1) is 11.6 Å². The van der Waals surface area contributed by atoms with Crippen molar-refractivity contribution >= 4 is 17.7 Å². The molecule has 0 aliphatic rings. The monoisotopic (exact) mass is 301 g/mol. The van der Waals surface area contributed by atoms with Crippen molar-refractivity contribution in [2.45, 2.75) is 32.6 Å². The lowest BCUT2D eigenvalue weighted by atomic mass is 10.1. The molecule has 0 saturated carbocycles. The molecule has 0 bridgehead atoms. The van der Waals surface area contributed by atoms with Gasteiger partial charge in [-0.3, -0.25) is 10.1 Å². The molecule has 1 aromatic carbocycles. The summed E-state index contributed by atoms with van der Waals surface area (Å²) in [5, 5.41) is 10.6. The minimum atomic E-state index is -0.931. The number of carboxylic acids is 1. The highest BCUT2D eigenvalue weighted by atomic mass is 19.1. The van der Waals surface area contributed by atoms with E-state index in [1.54, 1.807) is 6.92 Å². The van der Waals surface area contributed by atoms with Gasteiger partial charge in [0.25, 0.3) is 0 Å². The first-order valence-electron chi connectivity index (χ1n) is 6.57. The predicted octanol–water partition coefficient (Wildman–Crippen LogP) is 3.33. The van der Waals surface area contributed by atoms with E-state index >= 15 is 0 Å². The quantitative estimate of drug-likeness (QED) is 0.757. The summed E-state index contributed by atoms with van der Waals surface area (Å²) in [6, 6.07) is 1.90. The van der Waals surface area contributed by atoms with Crippen LogP contribution in [0.15, 0.2) is 12.1 Å². The Kier molecular flexibility index (Phi) is 6.58. The number of benzene rings is 1. The number of aliphatic carboxylic acids is 1. The number of nitrogens with one attached hydrogen (secondary N) is 1. The molecule has 0 fully saturated rings. The van der Waals surface area contributed by atoms with E-state index in [1.807, 2.05) is 0 Å². The third-order valence-electron chi connectivity index (χ3n) is 2.71. The lowest BCUT2D eigenvalue weighted by Gasteiger charge is -2.10. The molecule has 1 aromatic rings. The molecule has 7 heteroatoms. The van der Waals surface area contributed by atoms with Crippen molar-refractivity contribution in [1.29, 1.82) is 0 Å². The van der Waals surface area contributed by atoms with Crippen molar-refractivity contribution in [3.8, 4) is 0 Å².